The molecule has 0 saturated carbocycles. The summed E-state index contributed by atoms with van der Waals surface area (Å²) in [5.41, 5.74) is -0.297. The molecule has 1 aromatic rings. The summed E-state index contributed by atoms with van der Waals surface area (Å²) < 4.78 is 9.04. The van der Waals surface area contributed by atoms with Crippen LogP contribution in [0.3, 0.4) is 0 Å². The van der Waals surface area contributed by atoms with Crippen molar-refractivity contribution in [3.8, 4) is 0 Å². The predicted octanol–water partition coefficient (Wildman–Crippen LogP) is -1.33. The Bertz CT molecular complexity index is 880. The molecule has 13 nitrogen and oxygen atoms in total. The van der Waals surface area contributed by atoms with Gasteiger partial charge in [-0.3, -0.25) is 19.2 Å². The minimum Gasteiger partial charge on any atom is -0.467 e. The predicted molar refractivity (Wildman–Crippen MR) is 117 cm³/mol. The van der Waals surface area contributed by atoms with Gasteiger partial charge < -0.3 is 30.7 Å². The number of pyridine rings is 1. The van der Waals surface area contributed by atoms with Crippen LogP contribution in [-0.4, -0.2) is 78.9 Å². The molecule has 13 heteroatoms. The standard InChI is InChI=1S/C21H29N5O8/c1-10(16(27)24-12(3)20(31)33-5)22-18(29)14-8-7-9-15(26-14)19(30)23-11(2)17(28)25-13(4)21(32)34-6/h7-13H,1-6H3,(H,22,29)(H,23,30)(H,24,27)(H,25,28)/t10-,11-,12-,13-/m1/s1. The fourth-order valence-electron chi connectivity index (χ4n) is 2.51. The Balaban J connectivity index is 2.76. The number of nitrogens with zero attached hydrogens (tertiary/aromatic N) is 1. The van der Waals surface area contributed by atoms with Crippen molar-refractivity contribution in [1.82, 2.24) is 26.3 Å². The third-order valence-electron chi connectivity index (χ3n) is 4.52. The van der Waals surface area contributed by atoms with Crippen LogP contribution < -0.4 is 21.3 Å². The molecule has 0 aliphatic rings. The molecule has 0 radical (unpaired) electrons. The van der Waals surface area contributed by atoms with E-state index in [1.54, 1.807) is 0 Å². The van der Waals surface area contributed by atoms with Gasteiger partial charge in [0.15, 0.2) is 0 Å². The lowest BCUT2D eigenvalue weighted by Gasteiger charge is -2.18. The van der Waals surface area contributed by atoms with E-state index in [4.69, 9.17) is 0 Å². The summed E-state index contributed by atoms with van der Waals surface area (Å²) in [7, 11) is 2.36. The summed E-state index contributed by atoms with van der Waals surface area (Å²) in [6.45, 7) is 5.67. The number of esters is 2. The van der Waals surface area contributed by atoms with Crippen LogP contribution in [0.5, 0.6) is 0 Å². The highest BCUT2D eigenvalue weighted by Gasteiger charge is 2.24. The summed E-state index contributed by atoms with van der Waals surface area (Å²) >= 11 is 0. The SMILES string of the molecule is COC(=O)[C@@H](C)NC(=O)[C@@H](C)NC(=O)c1cccc(C(=O)N[C@H](C)C(=O)N[C@H](C)C(=O)OC)n1. The molecule has 0 aliphatic carbocycles. The summed E-state index contributed by atoms with van der Waals surface area (Å²) in [5, 5.41) is 9.62. The number of carbonyl (C=O) groups excluding carboxylic acids is 6. The Labute approximate surface area is 196 Å². The van der Waals surface area contributed by atoms with Crippen molar-refractivity contribution in [3.63, 3.8) is 0 Å². The van der Waals surface area contributed by atoms with E-state index in [2.05, 4.69) is 35.7 Å². The highest BCUT2D eigenvalue weighted by molar-refractivity contribution is 6.00. The maximum absolute atomic E-state index is 12.5. The second kappa shape index (κ2) is 12.9. The maximum atomic E-state index is 12.5. The van der Waals surface area contributed by atoms with Crippen LogP contribution in [0.1, 0.15) is 48.7 Å². The van der Waals surface area contributed by atoms with Crippen molar-refractivity contribution >= 4 is 35.6 Å². The molecule has 0 saturated heterocycles. The number of ether oxygens (including phenoxy) is 2. The molecule has 4 amide bonds. The average molecular weight is 479 g/mol. The minimum absolute atomic E-state index is 0.148. The molecular weight excluding hydrogens is 450 g/mol. The van der Waals surface area contributed by atoms with Crippen LogP contribution in [0.4, 0.5) is 0 Å². The number of amides is 4. The molecular formula is C21H29N5O8. The lowest BCUT2D eigenvalue weighted by molar-refractivity contribution is -0.145. The maximum Gasteiger partial charge on any atom is 0.328 e. The molecule has 0 fully saturated rings. The van der Waals surface area contributed by atoms with E-state index >= 15 is 0 Å². The summed E-state index contributed by atoms with van der Waals surface area (Å²) in [6, 6.07) is 0.238. The molecule has 0 spiro atoms. The van der Waals surface area contributed by atoms with Gasteiger partial charge in [0.25, 0.3) is 11.8 Å². The molecule has 0 aromatic carbocycles. The van der Waals surface area contributed by atoms with Gasteiger partial charge in [-0.05, 0) is 39.8 Å². The number of carbonyl (C=O) groups is 6. The van der Waals surface area contributed by atoms with Crippen molar-refractivity contribution < 1.29 is 38.2 Å². The molecule has 0 unspecified atom stereocenters. The second-order valence-corrected chi connectivity index (χ2v) is 7.31. The van der Waals surface area contributed by atoms with E-state index in [0.717, 1.165) is 0 Å². The van der Waals surface area contributed by atoms with Gasteiger partial charge in [0.1, 0.15) is 35.6 Å². The van der Waals surface area contributed by atoms with Gasteiger partial charge >= 0.3 is 11.9 Å². The smallest absolute Gasteiger partial charge is 0.328 e. The fourth-order valence-corrected chi connectivity index (χ4v) is 2.51. The Hall–Kier alpha value is -4.03. The Morgan fingerprint density at radius 1 is 0.647 bits per heavy atom. The molecule has 1 heterocycles. The van der Waals surface area contributed by atoms with Crippen molar-refractivity contribution in [3.05, 3.63) is 29.6 Å². The van der Waals surface area contributed by atoms with Crippen LogP contribution >= 0.6 is 0 Å². The zero-order valence-corrected chi connectivity index (χ0v) is 19.8. The van der Waals surface area contributed by atoms with Crippen LogP contribution in [-0.2, 0) is 28.7 Å². The first-order valence-corrected chi connectivity index (χ1v) is 10.3. The van der Waals surface area contributed by atoms with Crippen LogP contribution in [0.2, 0.25) is 0 Å². The quantitative estimate of drug-likeness (QED) is 0.296. The zero-order valence-electron chi connectivity index (χ0n) is 19.8. The van der Waals surface area contributed by atoms with Crippen molar-refractivity contribution in [2.24, 2.45) is 0 Å². The number of methoxy groups -OCH3 is 2. The lowest BCUT2D eigenvalue weighted by Crippen LogP contribution is -2.50. The first kappa shape index (κ1) is 28.0. The van der Waals surface area contributed by atoms with Gasteiger partial charge in [0.05, 0.1) is 14.2 Å². The first-order chi connectivity index (χ1) is 15.9. The number of hydrogen-bond acceptors (Lipinski definition) is 9. The summed E-state index contributed by atoms with van der Waals surface area (Å²) in [4.78, 5) is 76.0. The van der Waals surface area contributed by atoms with E-state index in [-0.39, 0.29) is 11.4 Å². The van der Waals surface area contributed by atoms with Crippen LogP contribution in [0, 0.1) is 0 Å². The minimum atomic E-state index is -1.01. The van der Waals surface area contributed by atoms with Gasteiger partial charge in [-0.15, -0.1) is 0 Å². The van der Waals surface area contributed by atoms with Crippen LogP contribution in [0.15, 0.2) is 18.2 Å². The van der Waals surface area contributed by atoms with Crippen molar-refractivity contribution in [1.29, 1.82) is 0 Å². The van der Waals surface area contributed by atoms with E-state index in [0.29, 0.717) is 0 Å². The van der Waals surface area contributed by atoms with Gasteiger partial charge in [0.2, 0.25) is 11.8 Å². The lowest BCUT2D eigenvalue weighted by atomic mass is 10.2. The van der Waals surface area contributed by atoms with E-state index < -0.39 is 59.7 Å². The van der Waals surface area contributed by atoms with Gasteiger partial charge in [0, 0.05) is 0 Å². The first-order valence-electron chi connectivity index (χ1n) is 10.3. The summed E-state index contributed by atoms with van der Waals surface area (Å²) in [6.07, 6.45) is 0. The molecule has 4 atom stereocenters. The molecule has 4 N–H and O–H groups in total. The third-order valence-corrected chi connectivity index (χ3v) is 4.52. The second-order valence-electron chi connectivity index (χ2n) is 7.31. The van der Waals surface area contributed by atoms with Gasteiger partial charge in [-0.25, -0.2) is 14.6 Å². The topological polar surface area (TPSA) is 182 Å². The highest BCUT2D eigenvalue weighted by Crippen LogP contribution is 2.02. The van der Waals surface area contributed by atoms with E-state index in [1.165, 1.54) is 60.1 Å². The average Bonchev–Trinajstić information content (AvgIpc) is 2.82. The molecule has 1 aromatic heterocycles. The fraction of sp³-hybridized carbons (Fsp3) is 0.476. The number of rotatable bonds is 10. The molecule has 186 valence electrons. The van der Waals surface area contributed by atoms with Crippen molar-refractivity contribution in [2.45, 2.75) is 51.9 Å². The number of aromatic nitrogens is 1. The Morgan fingerprint density at radius 2 is 1.00 bits per heavy atom. The number of hydrogen-bond donors (Lipinski definition) is 4. The van der Waals surface area contributed by atoms with E-state index in [9.17, 15) is 28.8 Å². The van der Waals surface area contributed by atoms with Crippen LogP contribution in [0.25, 0.3) is 0 Å². The highest BCUT2D eigenvalue weighted by atomic mass is 16.5. The molecule has 34 heavy (non-hydrogen) atoms. The molecule has 1 rings (SSSR count). The Kier molecular flexibility index (Phi) is 10.6. The normalized spacial score (nSPS) is 13.8. The molecule has 0 bridgehead atoms. The Morgan fingerprint density at radius 3 is 1.32 bits per heavy atom. The largest absolute Gasteiger partial charge is 0.467 e. The summed E-state index contributed by atoms with van der Waals surface area (Å²) in [5.74, 6) is -4.01. The van der Waals surface area contributed by atoms with E-state index in [1.807, 2.05) is 0 Å². The third kappa shape index (κ3) is 8.15. The monoisotopic (exact) mass is 479 g/mol. The van der Waals surface area contributed by atoms with Gasteiger partial charge in [-0.1, -0.05) is 6.07 Å². The number of nitrogens with one attached hydrogen (secondary N) is 4. The van der Waals surface area contributed by atoms with Gasteiger partial charge in [-0.2, -0.15) is 0 Å². The van der Waals surface area contributed by atoms with Crippen molar-refractivity contribution in [2.75, 3.05) is 14.2 Å². The molecule has 0 aliphatic heterocycles. The zero-order chi connectivity index (χ0) is 26.0.